The molecule has 0 aliphatic carbocycles. The molecule has 51 heavy (non-hydrogen) atoms. The van der Waals surface area contributed by atoms with E-state index in [9.17, 15) is 0 Å². The van der Waals surface area contributed by atoms with Gasteiger partial charge in [0.1, 0.15) is 11.2 Å². The Morgan fingerprint density at radius 2 is 0.627 bits per heavy atom. The number of rotatable bonds is 5. The molecule has 0 saturated carbocycles. The van der Waals surface area contributed by atoms with Crippen molar-refractivity contribution in [2.24, 2.45) is 0 Å². The second-order valence-corrected chi connectivity index (χ2v) is 13.2. The van der Waals surface area contributed by atoms with E-state index in [1.54, 1.807) is 0 Å². The molecule has 0 saturated heterocycles. The summed E-state index contributed by atoms with van der Waals surface area (Å²) in [5, 5.41) is 7.23. The Balaban J connectivity index is 1.19. The third-order valence-corrected chi connectivity index (χ3v) is 10.3. The van der Waals surface area contributed by atoms with Crippen LogP contribution in [0, 0.1) is 0 Å². The van der Waals surface area contributed by atoms with E-state index in [4.69, 9.17) is 4.42 Å². The van der Waals surface area contributed by atoms with Crippen LogP contribution in [-0.2, 0) is 0 Å². The van der Waals surface area contributed by atoms with Crippen LogP contribution in [0.25, 0.3) is 99.1 Å². The molecule has 9 aromatic carbocycles. The Bertz CT molecular complexity index is 2810. The predicted molar refractivity (Wildman–Crippen MR) is 216 cm³/mol. The average molecular weight is 649 g/mol. The molecule has 0 N–H and O–H groups in total. The van der Waals surface area contributed by atoms with Crippen LogP contribution >= 0.6 is 0 Å². The Morgan fingerprint density at radius 3 is 1.22 bits per heavy atom. The highest BCUT2D eigenvalue weighted by Gasteiger charge is 2.19. The van der Waals surface area contributed by atoms with Gasteiger partial charge in [0.15, 0.2) is 0 Å². The van der Waals surface area contributed by atoms with Crippen LogP contribution in [0.5, 0.6) is 0 Å². The highest BCUT2D eigenvalue weighted by atomic mass is 16.3. The summed E-state index contributed by atoms with van der Waals surface area (Å²) < 4.78 is 6.64. The second kappa shape index (κ2) is 12.0. The normalized spacial score (nSPS) is 11.5. The first-order chi connectivity index (χ1) is 25.3. The van der Waals surface area contributed by atoms with Crippen molar-refractivity contribution in [1.29, 1.82) is 0 Å². The smallest absolute Gasteiger partial charge is 0.136 e. The molecule has 10 rings (SSSR count). The molecule has 1 nitrogen and oxygen atoms in total. The van der Waals surface area contributed by atoms with E-state index < -0.39 is 0 Å². The topological polar surface area (TPSA) is 13.1 Å². The summed E-state index contributed by atoms with van der Waals surface area (Å²) >= 11 is 0. The molecule has 0 amide bonds. The Labute approximate surface area is 296 Å². The van der Waals surface area contributed by atoms with Gasteiger partial charge in [-0.25, -0.2) is 0 Å². The van der Waals surface area contributed by atoms with Gasteiger partial charge in [-0.15, -0.1) is 0 Å². The Kier molecular flexibility index (Phi) is 6.89. The maximum absolute atomic E-state index is 6.64. The van der Waals surface area contributed by atoms with E-state index in [0.29, 0.717) is 0 Å². The van der Waals surface area contributed by atoms with Crippen LogP contribution in [0.1, 0.15) is 0 Å². The summed E-state index contributed by atoms with van der Waals surface area (Å²) in [7, 11) is 0. The average Bonchev–Trinajstić information content (AvgIpc) is 3.57. The maximum atomic E-state index is 6.64. The van der Waals surface area contributed by atoms with Gasteiger partial charge in [0, 0.05) is 10.8 Å². The molecule has 0 atom stereocenters. The van der Waals surface area contributed by atoms with Crippen molar-refractivity contribution in [3.05, 3.63) is 194 Å². The minimum absolute atomic E-state index is 0.887. The van der Waals surface area contributed by atoms with E-state index in [0.717, 1.165) is 33.1 Å². The zero-order valence-electron chi connectivity index (χ0n) is 27.9. The summed E-state index contributed by atoms with van der Waals surface area (Å²) in [6, 6.07) is 69.8. The van der Waals surface area contributed by atoms with Crippen molar-refractivity contribution in [3.63, 3.8) is 0 Å². The van der Waals surface area contributed by atoms with Crippen LogP contribution in [0.4, 0.5) is 0 Å². The first kappa shape index (κ1) is 29.2. The molecule has 0 aliphatic rings. The monoisotopic (exact) mass is 648 g/mol. The summed E-state index contributed by atoms with van der Waals surface area (Å²) in [5.41, 5.74) is 13.8. The van der Waals surface area contributed by atoms with Crippen LogP contribution in [-0.4, -0.2) is 0 Å². The van der Waals surface area contributed by atoms with E-state index in [1.807, 2.05) is 0 Å². The molecule has 0 aliphatic heterocycles. The minimum Gasteiger partial charge on any atom is -0.456 e. The van der Waals surface area contributed by atoms with Crippen molar-refractivity contribution < 1.29 is 4.42 Å². The van der Waals surface area contributed by atoms with Gasteiger partial charge in [0.2, 0.25) is 0 Å². The fourth-order valence-electron chi connectivity index (χ4n) is 7.90. The second-order valence-electron chi connectivity index (χ2n) is 13.2. The van der Waals surface area contributed by atoms with E-state index in [1.165, 1.54) is 66.1 Å². The first-order valence-electron chi connectivity index (χ1n) is 17.5. The molecule has 0 spiro atoms. The van der Waals surface area contributed by atoms with Crippen molar-refractivity contribution in [1.82, 2.24) is 0 Å². The van der Waals surface area contributed by atoms with Crippen LogP contribution in [0.2, 0.25) is 0 Å². The summed E-state index contributed by atoms with van der Waals surface area (Å²) in [5.74, 6) is 0. The molecule has 0 radical (unpaired) electrons. The lowest BCUT2D eigenvalue weighted by Gasteiger charge is -2.17. The fraction of sp³-hybridized carbons (Fsp3) is 0. The van der Waals surface area contributed by atoms with E-state index in [2.05, 4.69) is 194 Å². The summed E-state index contributed by atoms with van der Waals surface area (Å²) in [6.45, 7) is 0. The number of benzene rings is 9. The van der Waals surface area contributed by atoms with Crippen LogP contribution in [0.15, 0.2) is 199 Å². The number of fused-ring (bicyclic) bond motifs is 5. The molecule has 0 unspecified atom stereocenters. The van der Waals surface area contributed by atoms with E-state index >= 15 is 0 Å². The maximum Gasteiger partial charge on any atom is 0.136 e. The lowest BCUT2D eigenvalue weighted by atomic mass is 9.85. The lowest BCUT2D eigenvalue weighted by Crippen LogP contribution is -1.90. The van der Waals surface area contributed by atoms with E-state index in [-0.39, 0.29) is 0 Å². The molecular weight excluding hydrogens is 617 g/mol. The molecule has 0 fully saturated rings. The summed E-state index contributed by atoms with van der Waals surface area (Å²) in [4.78, 5) is 0. The van der Waals surface area contributed by atoms with Gasteiger partial charge in [-0.2, -0.15) is 0 Å². The third kappa shape index (κ3) is 4.94. The molecule has 1 aromatic heterocycles. The molecule has 1 heteroatoms. The quantitative estimate of drug-likeness (QED) is 0.169. The van der Waals surface area contributed by atoms with Crippen LogP contribution in [0.3, 0.4) is 0 Å². The van der Waals surface area contributed by atoms with Gasteiger partial charge in [-0.3, -0.25) is 0 Å². The molecule has 1 heterocycles. The SMILES string of the molecule is c1ccc(-c2ccc(-c3cc4oc5ccc(-c6c7ccccc7c(-c7ccccc7)c7ccccc67)cc5c4cc3-c3ccccc3)cc2)cc1. The van der Waals surface area contributed by atoms with Gasteiger partial charge >= 0.3 is 0 Å². The Hall–Kier alpha value is -6.70. The standard InChI is InChI=1S/C50H32O/c1-4-14-33(15-5-1)34-24-26-36(27-25-34)44-32-48-46(31-43(44)35-16-6-2-7-17-35)45-30-38(28-29-47(45)51-48)50-41-22-12-10-20-39(41)49(37-18-8-3-9-19-37)40-21-11-13-23-42(40)50/h1-32H. The largest absolute Gasteiger partial charge is 0.456 e. The van der Waals surface area contributed by atoms with Crippen molar-refractivity contribution in [3.8, 4) is 55.6 Å². The molecule has 0 bridgehead atoms. The number of hydrogen-bond donors (Lipinski definition) is 0. The predicted octanol–water partition coefficient (Wildman–Crippen LogP) is 14.2. The fourth-order valence-corrected chi connectivity index (χ4v) is 7.90. The van der Waals surface area contributed by atoms with Gasteiger partial charge in [-0.05, 0) is 101 Å². The molecule has 10 aromatic rings. The van der Waals surface area contributed by atoms with Crippen molar-refractivity contribution in [2.75, 3.05) is 0 Å². The number of furan rings is 1. The first-order valence-corrected chi connectivity index (χ1v) is 17.5. The number of hydrogen-bond acceptors (Lipinski definition) is 1. The lowest BCUT2D eigenvalue weighted by molar-refractivity contribution is 0.669. The Morgan fingerprint density at radius 1 is 0.235 bits per heavy atom. The minimum atomic E-state index is 0.887. The van der Waals surface area contributed by atoms with Crippen molar-refractivity contribution >= 4 is 43.5 Å². The summed E-state index contributed by atoms with van der Waals surface area (Å²) in [6.07, 6.45) is 0. The van der Waals surface area contributed by atoms with Gasteiger partial charge in [0.05, 0.1) is 0 Å². The van der Waals surface area contributed by atoms with Gasteiger partial charge in [0.25, 0.3) is 0 Å². The van der Waals surface area contributed by atoms with Gasteiger partial charge < -0.3 is 4.42 Å². The van der Waals surface area contributed by atoms with Crippen LogP contribution < -0.4 is 0 Å². The molecular formula is C50H32O. The highest BCUT2D eigenvalue weighted by molar-refractivity contribution is 6.22. The zero-order valence-corrected chi connectivity index (χ0v) is 27.9. The van der Waals surface area contributed by atoms with Gasteiger partial charge in [-0.1, -0.05) is 170 Å². The highest BCUT2D eigenvalue weighted by Crippen LogP contribution is 2.46. The third-order valence-electron chi connectivity index (χ3n) is 10.3. The zero-order chi connectivity index (χ0) is 33.7. The molecule has 238 valence electrons. The van der Waals surface area contributed by atoms with Crippen molar-refractivity contribution in [2.45, 2.75) is 0 Å².